The first-order valence-corrected chi connectivity index (χ1v) is 7.70. The van der Waals surface area contributed by atoms with Crippen molar-refractivity contribution in [3.63, 3.8) is 0 Å². The van der Waals surface area contributed by atoms with Crippen LogP contribution in [-0.2, 0) is 17.8 Å². The number of carbonyl (C=O) groups excluding carboxylic acids is 1. The first-order chi connectivity index (χ1) is 12.2. The van der Waals surface area contributed by atoms with Crippen molar-refractivity contribution in [3.05, 3.63) is 77.7 Å². The lowest BCUT2D eigenvalue weighted by molar-refractivity contribution is -0.123. The summed E-state index contributed by atoms with van der Waals surface area (Å²) in [4.78, 5) is 16.0. The molecule has 0 fully saturated rings. The summed E-state index contributed by atoms with van der Waals surface area (Å²) in [6, 6.07) is 15.6. The van der Waals surface area contributed by atoms with E-state index < -0.39 is 11.7 Å². The van der Waals surface area contributed by atoms with Crippen LogP contribution in [0.1, 0.15) is 17.3 Å². The van der Waals surface area contributed by atoms with Crippen LogP contribution in [-0.4, -0.2) is 22.7 Å². The third-order valence-corrected chi connectivity index (χ3v) is 3.35. The van der Waals surface area contributed by atoms with Crippen molar-refractivity contribution < 1.29 is 18.4 Å². The topological polar surface area (TPSA) is 77.2 Å². The SMILES string of the molecule is O=C(COc1ccccc1F)NCc1nc(Cc2ccccc2)no1. The Bertz CT molecular complexity index is 836. The van der Waals surface area contributed by atoms with Gasteiger partial charge in [0.2, 0.25) is 5.89 Å². The lowest BCUT2D eigenvalue weighted by Crippen LogP contribution is -2.28. The van der Waals surface area contributed by atoms with Gasteiger partial charge in [-0.2, -0.15) is 4.98 Å². The van der Waals surface area contributed by atoms with Crippen LogP contribution in [0.5, 0.6) is 5.75 Å². The fourth-order valence-electron chi connectivity index (χ4n) is 2.14. The Morgan fingerprint density at radius 1 is 1.12 bits per heavy atom. The molecule has 128 valence electrons. The van der Waals surface area contributed by atoms with E-state index in [-0.39, 0.29) is 18.9 Å². The lowest BCUT2D eigenvalue weighted by atomic mass is 10.1. The number of ether oxygens (including phenoxy) is 1. The minimum Gasteiger partial charge on any atom is -0.481 e. The minimum absolute atomic E-state index is 0.0283. The van der Waals surface area contributed by atoms with E-state index in [1.807, 2.05) is 30.3 Å². The zero-order chi connectivity index (χ0) is 17.5. The van der Waals surface area contributed by atoms with Crippen LogP contribution in [0.2, 0.25) is 0 Å². The predicted molar refractivity (Wildman–Crippen MR) is 87.3 cm³/mol. The number of amides is 1. The maximum Gasteiger partial charge on any atom is 0.258 e. The average Bonchev–Trinajstić information content (AvgIpc) is 3.07. The van der Waals surface area contributed by atoms with Gasteiger partial charge < -0.3 is 14.6 Å². The predicted octanol–water partition coefficient (Wildman–Crippen LogP) is 2.49. The fourth-order valence-corrected chi connectivity index (χ4v) is 2.14. The highest BCUT2D eigenvalue weighted by Gasteiger charge is 2.10. The Morgan fingerprint density at radius 3 is 2.68 bits per heavy atom. The largest absolute Gasteiger partial charge is 0.481 e. The van der Waals surface area contributed by atoms with E-state index in [0.29, 0.717) is 18.1 Å². The Morgan fingerprint density at radius 2 is 1.88 bits per heavy atom. The summed E-state index contributed by atoms with van der Waals surface area (Å²) in [6.07, 6.45) is 0.550. The van der Waals surface area contributed by atoms with Gasteiger partial charge in [0, 0.05) is 6.42 Å². The molecule has 3 aromatic rings. The van der Waals surface area contributed by atoms with Gasteiger partial charge in [0.15, 0.2) is 24.0 Å². The van der Waals surface area contributed by atoms with Crippen molar-refractivity contribution in [1.29, 1.82) is 0 Å². The monoisotopic (exact) mass is 341 g/mol. The molecule has 0 saturated carbocycles. The van der Waals surface area contributed by atoms with E-state index in [1.54, 1.807) is 12.1 Å². The summed E-state index contributed by atoms with van der Waals surface area (Å²) in [5.74, 6) is -0.0624. The fraction of sp³-hybridized carbons (Fsp3) is 0.167. The molecule has 6 nitrogen and oxygen atoms in total. The molecule has 0 bridgehead atoms. The molecule has 2 aromatic carbocycles. The number of hydrogen-bond donors (Lipinski definition) is 1. The maximum absolute atomic E-state index is 13.4. The smallest absolute Gasteiger partial charge is 0.258 e. The van der Waals surface area contributed by atoms with Crippen LogP contribution >= 0.6 is 0 Å². The lowest BCUT2D eigenvalue weighted by Gasteiger charge is -2.06. The van der Waals surface area contributed by atoms with Gasteiger partial charge in [0.05, 0.1) is 6.54 Å². The van der Waals surface area contributed by atoms with E-state index in [1.165, 1.54) is 12.1 Å². The van der Waals surface area contributed by atoms with Crippen molar-refractivity contribution in [1.82, 2.24) is 15.5 Å². The Hall–Kier alpha value is -3.22. The second kappa shape index (κ2) is 8.05. The Balaban J connectivity index is 1.45. The number of para-hydroxylation sites is 1. The Kier molecular flexibility index (Phi) is 5.36. The number of carbonyl (C=O) groups is 1. The van der Waals surface area contributed by atoms with Crippen molar-refractivity contribution in [3.8, 4) is 5.75 Å². The van der Waals surface area contributed by atoms with E-state index in [9.17, 15) is 9.18 Å². The molecule has 0 saturated heterocycles. The normalized spacial score (nSPS) is 10.4. The summed E-state index contributed by atoms with van der Waals surface area (Å²) >= 11 is 0. The van der Waals surface area contributed by atoms with E-state index in [2.05, 4.69) is 15.5 Å². The number of nitrogens with one attached hydrogen (secondary N) is 1. The van der Waals surface area contributed by atoms with Crippen molar-refractivity contribution in [2.75, 3.05) is 6.61 Å². The molecule has 0 radical (unpaired) electrons. The number of rotatable bonds is 7. The third-order valence-electron chi connectivity index (χ3n) is 3.35. The molecular weight excluding hydrogens is 325 g/mol. The van der Waals surface area contributed by atoms with Gasteiger partial charge in [-0.15, -0.1) is 0 Å². The van der Waals surface area contributed by atoms with Crippen molar-refractivity contribution >= 4 is 5.91 Å². The number of hydrogen-bond acceptors (Lipinski definition) is 5. The molecule has 7 heteroatoms. The van der Waals surface area contributed by atoms with Crippen LogP contribution in [0.3, 0.4) is 0 Å². The average molecular weight is 341 g/mol. The molecule has 1 heterocycles. The van der Waals surface area contributed by atoms with Crippen LogP contribution in [0, 0.1) is 5.82 Å². The van der Waals surface area contributed by atoms with Crippen LogP contribution in [0.4, 0.5) is 4.39 Å². The summed E-state index contributed by atoms with van der Waals surface area (Å²) in [5.41, 5.74) is 1.07. The molecule has 0 unspecified atom stereocenters. The molecule has 3 rings (SSSR count). The van der Waals surface area contributed by atoms with Crippen molar-refractivity contribution in [2.45, 2.75) is 13.0 Å². The summed E-state index contributed by atoms with van der Waals surface area (Å²) in [7, 11) is 0. The highest BCUT2D eigenvalue weighted by atomic mass is 19.1. The second-order valence-corrected chi connectivity index (χ2v) is 5.26. The van der Waals surface area contributed by atoms with Crippen molar-refractivity contribution in [2.24, 2.45) is 0 Å². The summed E-state index contributed by atoms with van der Waals surface area (Å²) < 4.78 is 23.6. The zero-order valence-electron chi connectivity index (χ0n) is 13.3. The summed E-state index contributed by atoms with van der Waals surface area (Å²) in [5, 5.41) is 6.46. The molecule has 0 spiro atoms. The quantitative estimate of drug-likeness (QED) is 0.714. The number of aromatic nitrogens is 2. The Labute approximate surface area is 143 Å². The molecule has 0 atom stereocenters. The third kappa shape index (κ3) is 4.87. The van der Waals surface area contributed by atoms with Gasteiger partial charge in [0.1, 0.15) is 0 Å². The molecular formula is C18H16FN3O3. The van der Waals surface area contributed by atoms with Crippen LogP contribution < -0.4 is 10.1 Å². The molecule has 0 aliphatic heterocycles. The standard InChI is InChI=1S/C18H16FN3O3/c19-14-8-4-5-9-15(14)24-12-17(23)20-11-18-21-16(22-25-18)10-13-6-2-1-3-7-13/h1-9H,10-12H2,(H,20,23). The highest BCUT2D eigenvalue weighted by Crippen LogP contribution is 2.14. The van der Waals surface area contributed by atoms with Gasteiger partial charge in [-0.25, -0.2) is 4.39 Å². The zero-order valence-corrected chi connectivity index (χ0v) is 13.3. The number of halogens is 1. The number of nitrogens with zero attached hydrogens (tertiary/aromatic N) is 2. The molecule has 1 N–H and O–H groups in total. The van der Waals surface area contributed by atoms with Crippen LogP contribution in [0.15, 0.2) is 59.1 Å². The number of benzene rings is 2. The first kappa shape index (κ1) is 16.6. The van der Waals surface area contributed by atoms with Gasteiger partial charge in [-0.05, 0) is 17.7 Å². The second-order valence-electron chi connectivity index (χ2n) is 5.26. The molecule has 0 aliphatic carbocycles. The summed E-state index contributed by atoms with van der Waals surface area (Å²) in [6.45, 7) is -0.215. The molecule has 1 amide bonds. The molecule has 1 aromatic heterocycles. The van der Waals surface area contributed by atoms with Crippen LogP contribution in [0.25, 0.3) is 0 Å². The van der Waals surface area contributed by atoms with E-state index in [4.69, 9.17) is 9.26 Å². The van der Waals surface area contributed by atoms with Gasteiger partial charge in [0.25, 0.3) is 5.91 Å². The van der Waals surface area contributed by atoms with Gasteiger partial charge in [-0.3, -0.25) is 4.79 Å². The molecule has 0 aliphatic rings. The molecule has 25 heavy (non-hydrogen) atoms. The maximum atomic E-state index is 13.4. The van der Waals surface area contributed by atoms with Gasteiger partial charge in [-0.1, -0.05) is 47.6 Å². The minimum atomic E-state index is -0.516. The first-order valence-electron chi connectivity index (χ1n) is 7.70. The van der Waals surface area contributed by atoms with E-state index in [0.717, 1.165) is 5.56 Å². The van der Waals surface area contributed by atoms with E-state index >= 15 is 0 Å². The highest BCUT2D eigenvalue weighted by molar-refractivity contribution is 5.77. The van der Waals surface area contributed by atoms with Gasteiger partial charge >= 0.3 is 0 Å².